The van der Waals surface area contributed by atoms with Crippen LogP contribution in [0.1, 0.15) is 0 Å². The van der Waals surface area contributed by atoms with Crippen molar-refractivity contribution in [3.8, 4) is 6.07 Å². The molecule has 0 spiro atoms. The van der Waals surface area contributed by atoms with Gasteiger partial charge in [0.05, 0.1) is 4.83 Å². The molecule has 1 aliphatic rings. The Bertz CT molecular complexity index is 228. The van der Waals surface area contributed by atoms with Crippen molar-refractivity contribution in [2.75, 3.05) is 0 Å². The number of halogens is 2. The fraction of sp³-hybridized carbons (Fsp3) is 0.286. The number of hydrogen-bond acceptors (Lipinski definition) is 1. The molecule has 1 aliphatic carbocycles. The highest BCUT2D eigenvalue weighted by Gasteiger charge is 2.34. The Morgan fingerprint density at radius 1 is 1.60 bits per heavy atom. The average Bonchev–Trinajstić information content (AvgIpc) is 1.96. The minimum Gasteiger partial charge on any atom is -0.221 e. The maximum absolute atomic E-state index is 13.1. The molecule has 0 bridgehead atoms. The van der Waals surface area contributed by atoms with Gasteiger partial charge in [0.1, 0.15) is 6.07 Å². The van der Waals surface area contributed by atoms with E-state index in [1.807, 2.05) is 0 Å². The number of nitriles is 1. The van der Waals surface area contributed by atoms with Gasteiger partial charge in [-0.15, -0.1) is 0 Å². The normalized spacial score (nSPS) is 37.5. The van der Waals surface area contributed by atoms with E-state index in [-0.39, 0.29) is 0 Å². The molecule has 0 saturated carbocycles. The van der Waals surface area contributed by atoms with Gasteiger partial charge in [0.2, 0.25) is 5.67 Å². The molecule has 0 aromatic heterocycles. The van der Waals surface area contributed by atoms with E-state index in [2.05, 4.69) is 15.9 Å². The summed E-state index contributed by atoms with van der Waals surface area (Å²) < 4.78 is 13.1. The fourth-order valence-corrected chi connectivity index (χ4v) is 1.12. The highest BCUT2D eigenvalue weighted by atomic mass is 79.9. The smallest absolute Gasteiger partial charge is 0.221 e. The van der Waals surface area contributed by atoms with Gasteiger partial charge in [-0.3, -0.25) is 0 Å². The molecule has 0 saturated heterocycles. The van der Waals surface area contributed by atoms with Gasteiger partial charge in [0, 0.05) is 0 Å². The topological polar surface area (TPSA) is 23.8 Å². The van der Waals surface area contributed by atoms with Crippen LogP contribution in [-0.2, 0) is 0 Å². The van der Waals surface area contributed by atoms with E-state index < -0.39 is 10.5 Å². The van der Waals surface area contributed by atoms with E-state index in [0.717, 1.165) is 0 Å². The van der Waals surface area contributed by atoms with E-state index in [9.17, 15) is 4.39 Å². The Hall–Kier alpha value is -0.620. The van der Waals surface area contributed by atoms with Crippen LogP contribution < -0.4 is 0 Å². The maximum Gasteiger partial charge on any atom is 0.230 e. The van der Waals surface area contributed by atoms with Crippen LogP contribution in [0.25, 0.3) is 0 Å². The summed E-state index contributed by atoms with van der Waals surface area (Å²) >= 11 is 3.04. The molecule has 0 radical (unpaired) electrons. The third-order valence-corrected chi connectivity index (χ3v) is 2.27. The Morgan fingerprint density at radius 3 is 2.70 bits per heavy atom. The molecule has 10 heavy (non-hydrogen) atoms. The lowest BCUT2D eigenvalue weighted by Gasteiger charge is -2.18. The van der Waals surface area contributed by atoms with Gasteiger partial charge < -0.3 is 0 Å². The lowest BCUT2D eigenvalue weighted by Crippen LogP contribution is -2.29. The van der Waals surface area contributed by atoms with Crippen molar-refractivity contribution in [1.82, 2.24) is 0 Å². The molecule has 0 fully saturated rings. The summed E-state index contributed by atoms with van der Waals surface area (Å²) in [5.74, 6) is 0. The van der Waals surface area contributed by atoms with Crippen LogP contribution in [0.4, 0.5) is 4.39 Å². The van der Waals surface area contributed by atoms with Crippen LogP contribution in [0.3, 0.4) is 0 Å². The van der Waals surface area contributed by atoms with E-state index >= 15 is 0 Å². The molecule has 0 amide bonds. The zero-order chi connectivity index (χ0) is 7.61. The first-order valence-electron chi connectivity index (χ1n) is 2.79. The number of rotatable bonds is 0. The van der Waals surface area contributed by atoms with E-state index in [1.165, 1.54) is 12.2 Å². The summed E-state index contributed by atoms with van der Waals surface area (Å²) in [7, 11) is 0. The molecule has 0 N–H and O–H groups in total. The molecule has 1 nitrogen and oxygen atoms in total. The predicted octanol–water partition coefficient (Wildman–Crippen LogP) is 2.11. The Kier molecular flexibility index (Phi) is 1.91. The molecule has 0 aromatic rings. The van der Waals surface area contributed by atoms with E-state index in [1.54, 1.807) is 18.2 Å². The third kappa shape index (κ3) is 1.12. The summed E-state index contributed by atoms with van der Waals surface area (Å²) in [6, 6.07) is 1.58. The molecule has 2 unspecified atom stereocenters. The number of hydrogen-bond donors (Lipinski definition) is 0. The second kappa shape index (κ2) is 2.55. The number of nitrogens with zero attached hydrogens (tertiary/aromatic N) is 1. The zero-order valence-corrected chi connectivity index (χ0v) is 6.68. The van der Waals surface area contributed by atoms with Crippen LogP contribution >= 0.6 is 15.9 Å². The molecule has 0 aliphatic heterocycles. The summed E-state index contributed by atoms with van der Waals surface area (Å²) in [5, 5.41) is 8.38. The van der Waals surface area contributed by atoms with Crippen molar-refractivity contribution in [2.45, 2.75) is 10.5 Å². The predicted molar refractivity (Wildman–Crippen MR) is 40.4 cm³/mol. The molecule has 0 heterocycles. The fourth-order valence-electron chi connectivity index (χ4n) is 0.688. The maximum atomic E-state index is 13.1. The molecular weight excluding hydrogens is 197 g/mol. The lowest BCUT2D eigenvalue weighted by molar-refractivity contribution is 0.319. The average molecular weight is 202 g/mol. The van der Waals surface area contributed by atoms with Crippen molar-refractivity contribution in [1.29, 1.82) is 5.26 Å². The SMILES string of the molecule is N#CC1(F)C=CC=CC1Br. The minimum absolute atomic E-state index is 0.519. The first-order valence-corrected chi connectivity index (χ1v) is 3.71. The monoisotopic (exact) mass is 201 g/mol. The standard InChI is InChI=1S/C7H5BrFN/c8-6-3-1-2-4-7(6,9)5-10/h1-4,6H. The van der Waals surface area contributed by atoms with Crippen LogP contribution in [0.2, 0.25) is 0 Å². The quantitative estimate of drug-likeness (QED) is 0.552. The minimum atomic E-state index is -1.87. The van der Waals surface area contributed by atoms with Crippen molar-refractivity contribution < 1.29 is 4.39 Å². The van der Waals surface area contributed by atoms with Crippen molar-refractivity contribution >= 4 is 15.9 Å². The van der Waals surface area contributed by atoms with Gasteiger partial charge in [-0.2, -0.15) is 5.26 Å². The highest BCUT2D eigenvalue weighted by Crippen LogP contribution is 2.27. The van der Waals surface area contributed by atoms with Crippen molar-refractivity contribution in [3.05, 3.63) is 24.3 Å². The summed E-state index contributed by atoms with van der Waals surface area (Å²) in [4.78, 5) is -0.519. The van der Waals surface area contributed by atoms with Gasteiger partial charge in [-0.05, 0) is 6.08 Å². The Labute approximate surface area is 67.0 Å². The Balaban J connectivity index is 2.91. The lowest BCUT2D eigenvalue weighted by atomic mass is 9.99. The van der Waals surface area contributed by atoms with Gasteiger partial charge in [-0.1, -0.05) is 34.2 Å². The van der Waals surface area contributed by atoms with Crippen LogP contribution in [0.15, 0.2) is 24.3 Å². The molecule has 3 heteroatoms. The summed E-state index contributed by atoms with van der Waals surface area (Å²) in [6.45, 7) is 0. The first-order chi connectivity index (χ1) is 4.69. The van der Waals surface area contributed by atoms with E-state index in [0.29, 0.717) is 0 Å². The van der Waals surface area contributed by atoms with Gasteiger partial charge >= 0.3 is 0 Å². The number of alkyl halides is 2. The van der Waals surface area contributed by atoms with Crippen LogP contribution in [-0.4, -0.2) is 10.5 Å². The van der Waals surface area contributed by atoms with Crippen LogP contribution in [0.5, 0.6) is 0 Å². The number of allylic oxidation sites excluding steroid dienone is 4. The molecule has 2 atom stereocenters. The van der Waals surface area contributed by atoms with Crippen molar-refractivity contribution in [3.63, 3.8) is 0 Å². The largest absolute Gasteiger partial charge is 0.230 e. The highest BCUT2D eigenvalue weighted by molar-refractivity contribution is 9.09. The van der Waals surface area contributed by atoms with Crippen molar-refractivity contribution in [2.24, 2.45) is 0 Å². The van der Waals surface area contributed by atoms with Gasteiger partial charge in [0.25, 0.3) is 0 Å². The molecule has 52 valence electrons. The summed E-state index contributed by atoms with van der Waals surface area (Å²) in [6.07, 6.45) is 6.07. The molecule has 1 rings (SSSR count). The third-order valence-electron chi connectivity index (χ3n) is 1.30. The Morgan fingerprint density at radius 2 is 2.30 bits per heavy atom. The van der Waals surface area contributed by atoms with Gasteiger partial charge in [0.15, 0.2) is 0 Å². The molecule has 0 aromatic carbocycles. The first kappa shape index (κ1) is 7.49. The second-order valence-electron chi connectivity index (χ2n) is 2.03. The second-order valence-corrected chi connectivity index (χ2v) is 3.01. The van der Waals surface area contributed by atoms with E-state index in [4.69, 9.17) is 5.26 Å². The van der Waals surface area contributed by atoms with Gasteiger partial charge in [-0.25, -0.2) is 4.39 Å². The van der Waals surface area contributed by atoms with Crippen LogP contribution in [0, 0.1) is 11.3 Å². The summed E-state index contributed by atoms with van der Waals surface area (Å²) in [5.41, 5.74) is -1.87. The zero-order valence-electron chi connectivity index (χ0n) is 5.09. The molecular formula is C7H5BrFN.